The maximum absolute atomic E-state index is 13.0. The molecule has 5 heteroatoms. The van der Waals surface area contributed by atoms with Crippen LogP contribution in [0.3, 0.4) is 0 Å². The Morgan fingerprint density at radius 1 is 1.17 bits per heavy atom. The fourth-order valence-corrected chi connectivity index (χ4v) is 4.98. The summed E-state index contributed by atoms with van der Waals surface area (Å²) in [6.07, 6.45) is 6.42. The van der Waals surface area contributed by atoms with Crippen LogP contribution in [-0.2, 0) is 4.79 Å². The number of hydrogen-bond donors (Lipinski definition) is 1. The highest BCUT2D eigenvalue weighted by Gasteiger charge is 2.30. The fourth-order valence-electron chi connectivity index (χ4n) is 3.63. The van der Waals surface area contributed by atoms with E-state index in [1.807, 2.05) is 24.8 Å². The first-order valence-electron chi connectivity index (χ1n) is 8.84. The van der Waals surface area contributed by atoms with Crippen LogP contribution in [0.1, 0.15) is 54.4 Å². The van der Waals surface area contributed by atoms with Gasteiger partial charge in [0.15, 0.2) is 0 Å². The molecule has 1 unspecified atom stereocenters. The van der Waals surface area contributed by atoms with Crippen molar-refractivity contribution in [1.82, 2.24) is 4.90 Å². The highest BCUT2D eigenvalue weighted by atomic mass is 32.2. The van der Waals surface area contributed by atoms with Crippen molar-refractivity contribution in [2.24, 2.45) is 5.92 Å². The number of hydrogen-bond acceptors (Lipinski definition) is 3. The standard InChI is InChI=1S/C19H25NO3S/c1-13-8-9-17(24-15-6-2-3-7-15)16(11-13)18(21)20-10-4-5-14(12-20)19(22)23/h8-9,11,14-15H,2-7,10,12H2,1H3,(H,22,23). The van der Waals surface area contributed by atoms with Gasteiger partial charge in [-0.05, 0) is 44.7 Å². The molecule has 0 bridgehead atoms. The Bertz CT molecular complexity index is 625. The summed E-state index contributed by atoms with van der Waals surface area (Å²) < 4.78 is 0. The van der Waals surface area contributed by atoms with Gasteiger partial charge >= 0.3 is 5.97 Å². The van der Waals surface area contributed by atoms with Gasteiger partial charge in [0.1, 0.15) is 0 Å². The molecule has 1 aliphatic carbocycles. The lowest BCUT2D eigenvalue weighted by molar-refractivity contribution is -0.143. The number of likely N-dealkylation sites (tertiary alicyclic amines) is 1. The van der Waals surface area contributed by atoms with E-state index in [1.165, 1.54) is 25.7 Å². The molecule has 1 atom stereocenters. The molecule has 24 heavy (non-hydrogen) atoms. The third kappa shape index (κ3) is 3.94. The average Bonchev–Trinajstić information content (AvgIpc) is 3.09. The van der Waals surface area contributed by atoms with Gasteiger partial charge in [-0.2, -0.15) is 0 Å². The van der Waals surface area contributed by atoms with Crippen LogP contribution in [0.15, 0.2) is 23.1 Å². The lowest BCUT2D eigenvalue weighted by Crippen LogP contribution is -2.42. The molecule has 0 aromatic heterocycles. The molecule has 0 spiro atoms. The van der Waals surface area contributed by atoms with E-state index in [0.717, 1.165) is 22.4 Å². The molecular formula is C19H25NO3S. The molecule has 1 aliphatic heterocycles. The summed E-state index contributed by atoms with van der Waals surface area (Å²) in [7, 11) is 0. The number of benzene rings is 1. The van der Waals surface area contributed by atoms with Gasteiger partial charge in [-0.15, -0.1) is 11.8 Å². The van der Waals surface area contributed by atoms with Crippen molar-refractivity contribution >= 4 is 23.6 Å². The average molecular weight is 347 g/mol. The van der Waals surface area contributed by atoms with Crippen molar-refractivity contribution in [3.63, 3.8) is 0 Å². The van der Waals surface area contributed by atoms with Gasteiger partial charge in [0.05, 0.1) is 11.5 Å². The Morgan fingerprint density at radius 3 is 2.62 bits per heavy atom. The lowest BCUT2D eigenvalue weighted by atomic mass is 9.97. The minimum absolute atomic E-state index is 0.00912. The Labute approximate surface area is 147 Å². The fraction of sp³-hybridized carbons (Fsp3) is 0.579. The Morgan fingerprint density at radius 2 is 1.92 bits per heavy atom. The van der Waals surface area contributed by atoms with Gasteiger partial charge < -0.3 is 10.0 Å². The zero-order chi connectivity index (χ0) is 17.1. The highest BCUT2D eigenvalue weighted by Crippen LogP contribution is 2.37. The summed E-state index contributed by atoms with van der Waals surface area (Å²) >= 11 is 1.82. The molecule has 1 aromatic carbocycles. The van der Waals surface area contributed by atoms with Gasteiger partial charge in [-0.25, -0.2) is 0 Å². The van der Waals surface area contributed by atoms with Crippen LogP contribution in [-0.4, -0.2) is 40.2 Å². The lowest BCUT2D eigenvalue weighted by Gasteiger charge is -2.31. The maximum Gasteiger partial charge on any atom is 0.308 e. The van der Waals surface area contributed by atoms with Crippen molar-refractivity contribution in [2.45, 2.75) is 55.6 Å². The third-order valence-electron chi connectivity index (χ3n) is 5.02. The molecule has 0 radical (unpaired) electrons. The molecule has 1 aromatic rings. The number of nitrogens with zero attached hydrogens (tertiary/aromatic N) is 1. The van der Waals surface area contributed by atoms with Crippen LogP contribution in [0.25, 0.3) is 0 Å². The van der Waals surface area contributed by atoms with E-state index >= 15 is 0 Å². The van der Waals surface area contributed by atoms with Crippen LogP contribution in [0.4, 0.5) is 0 Å². The monoisotopic (exact) mass is 347 g/mol. The second-order valence-corrected chi connectivity index (χ2v) is 8.29. The van der Waals surface area contributed by atoms with Crippen molar-refractivity contribution < 1.29 is 14.7 Å². The van der Waals surface area contributed by atoms with Crippen molar-refractivity contribution in [3.8, 4) is 0 Å². The molecule has 1 amide bonds. The first-order valence-corrected chi connectivity index (χ1v) is 9.72. The van der Waals surface area contributed by atoms with Crippen molar-refractivity contribution in [1.29, 1.82) is 0 Å². The molecule has 1 heterocycles. The van der Waals surface area contributed by atoms with E-state index < -0.39 is 11.9 Å². The van der Waals surface area contributed by atoms with Crippen LogP contribution in [0.2, 0.25) is 0 Å². The maximum atomic E-state index is 13.0. The molecular weight excluding hydrogens is 322 g/mol. The van der Waals surface area contributed by atoms with Crippen LogP contribution < -0.4 is 0 Å². The summed E-state index contributed by atoms with van der Waals surface area (Å²) in [5, 5.41) is 9.86. The highest BCUT2D eigenvalue weighted by molar-refractivity contribution is 8.00. The van der Waals surface area contributed by atoms with E-state index in [2.05, 4.69) is 12.1 Å². The number of carbonyl (C=O) groups is 2. The molecule has 1 N–H and O–H groups in total. The molecule has 130 valence electrons. The van der Waals surface area contributed by atoms with E-state index in [-0.39, 0.29) is 5.91 Å². The van der Waals surface area contributed by atoms with E-state index in [4.69, 9.17) is 0 Å². The van der Waals surface area contributed by atoms with Gasteiger partial charge in [0.25, 0.3) is 5.91 Å². The van der Waals surface area contributed by atoms with Gasteiger partial charge in [-0.1, -0.05) is 24.5 Å². The molecule has 2 fully saturated rings. The first-order chi connectivity index (χ1) is 11.5. The molecule has 4 nitrogen and oxygen atoms in total. The number of carboxylic acids is 1. The second kappa shape index (κ2) is 7.60. The number of carboxylic acid groups (broad SMARTS) is 1. The summed E-state index contributed by atoms with van der Waals surface area (Å²) in [5.41, 5.74) is 1.82. The van der Waals surface area contributed by atoms with Gasteiger partial charge in [0.2, 0.25) is 0 Å². The number of amides is 1. The largest absolute Gasteiger partial charge is 0.481 e. The number of aliphatic carboxylic acids is 1. The minimum Gasteiger partial charge on any atom is -0.481 e. The predicted octanol–water partition coefficient (Wildman–Crippen LogP) is 3.97. The Kier molecular flexibility index (Phi) is 5.49. The van der Waals surface area contributed by atoms with Crippen molar-refractivity contribution in [2.75, 3.05) is 13.1 Å². The number of carbonyl (C=O) groups excluding carboxylic acids is 1. The smallest absolute Gasteiger partial charge is 0.308 e. The van der Waals surface area contributed by atoms with Crippen molar-refractivity contribution in [3.05, 3.63) is 29.3 Å². The van der Waals surface area contributed by atoms with Gasteiger partial charge in [0, 0.05) is 23.2 Å². The zero-order valence-corrected chi connectivity index (χ0v) is 15.0. The van der Waals surface area contributed by atoms with E-state index in [0.29, 0.717) is 24.8 Å². The zero-order valence-electron chi connectivity index (χ0n) is 14.2. The molecule has 1 saturated carbocycles. The number of piperidine rings is 1. The Balaban J connectivity index is 1.80. The molecule has 2 aliphatic rings. The Hall–Kier alpha value is -1.49. The summed E-state index contributed by atoms with van der Waals surface area (Å²) in [6.45, 7) is 2.98. The van der Waals surface area contributed by atoms with E-state index in [1.54, 1.807) is 4.90 Å². The number of thioether (sulfide) groups is 1. The molecule has 1 saturated heterocycles. The summed E-state index contributed by atoms with van der Waals surface area (Å²) in [6, 6.07) is 6.08. The molecule has 3 rings (SSSR count). The number of aryl methyl sites for hydroxylation is 1. The van der Waals surface area contributed by atoms with Gasteiger partial charge in [-0.3, -0.25) is 9.59 Å². The SMILES string of the molecule is Cc1ccc(SC2CCCC2)c(C(=O)N2CCCC(C(=O)O)C2)c1. The summed E-state index contributed by atoms with van der Waals surface area (Å²) in [4.78, 5) is 27.1. The summed E-state index contributed by atoms with van der Waals surface area (Å²) in [5.74, 6) is -1.24. The van der Waals surface area contributed by atoms with Crippen LogP contribution in [0.5, 0.6) is 0 Å². The third-order valence-corrected chi connectivity index (χ3v) is 6.43. The first kappa shape index (κ1) is 17.3. The second-order valence-electron chi connectivity index (χ2n) is 6.95. The van der Waals surface area contributed by atoms with E-state index in [9.17, 15) is 14.7 Å². The number of rotatable bonds is 4. The predicted molar refractivity (Wildman–Crippen MR) is 95.6 cm³/mol. The quantitative estimate of drug-likeness (QED) is 0.895. The van der Waals surface area contributed by atoms with Crippen LogP contribution in [0, 0.1) is 12.8 Å². The topological polar surface area (TPSA) is 57.6 Å². The normalized spacial score (nSPS) is 21.9. The van der Waals surface area contributed by atoms with Crippen LogP contribution >= 0.6 is 11.8 Å². The minimum atomic E-state index is -0.794.